The van der Waals surface area contributed by atoms with Crippen LogP contribution in [-0.4, -0.2) is 41.2 Å². The van der Waals surface area contributed by atoms with Crippen molar-refractivity contribution in [1.29, 1.82) is 0 Å². The molecule has 7 nitrogen and oxygen atoms in total. The Morgan fingerprint density at radius 3 is 2.58 bits per heavy atom. The van der Waals surface area contributed by atoms with Crippen LogP contribution in [-0.2, 0) is 9.59 Å². The van der Waals surface area contributed by atoms with E-state index in [1.165, 1.54) is 12.1 Å². The van der Waals surface area contributed by atoms with Gasteiger partial charge >= 0.3 is 0 Å². The van der Waals surface area contributed by atoms with Crippen molar-refractivity contribution in [2.75, 3.05) is 6.61 Å². The third kappa shape index (κ3) is 2.94. The van der Waals surface area contributed by atoms with Gasteiger partial charge in [0.25, 0.3) is 11.8 Å². The maximum absolute atomic E-state index is 12.7. The molecule has 26 heavy (non-hydrogen) atoms. The molecule has 1 saturated carbocycles. The van der Waals surface area contributed by atoms with Gasteiger partial charge in [0, 0.05) is 12.3 Å². The van der Waals surface area contributed by atoms with Crippen LogP contribution in [0.3, 0.4) is 0 Å². The van der Waals surface area contributed by atoms with Gasteiger partial charge in [0.15, 0.2) is 0 Å². The fourth-order valence-corrected chi connectivity index (χ4v) is 3.07. The van der Waals surface area contributed by atoms with Gasteiger partial charge < -0.3 is 4.74 Å². The Bertz CT molecular complexity index is 891. The van der Waals surface area contributed by atoms with Crippen LogP contribution in [0.4, 0.5) is 0 Å². The quantitative estimate of drug-likeness (QED) is 0.644. The molecule has 1 N–H and O–H groups in total. The van der Waals surface area contributed by atoms with Crippen molar-refractivity contribution in [3.63, 3.8) is 0 Å². The number of carbonyl (C=O) groups excluding carboxylic acids is 4. The van der Waals surface area contributed by atoms with E-state index in [9.17, 15) is 19.2 Å². The van der Waals surface area contributed by atoms with Gasteiger partial charge in [-0.25, -0.2) is 0 Å². The molecule has 0 bridgehead atoms. The monoisotopic (exact) mass is 352 g/mol. The van der Waals surface area contributed by atoms with E-state index in [-0.39, 0.29) is 30.6 Å². The number of rotatable bonds is 3. The molecule has 1 unspecified atom stereocenters. The number of hydrogen-bond donors (Lipinski definition) is 1. The van der Waals surface area contributed by atoms with Crippen LogP contribution >= 0.6 is 0 Å². The van der Waals surface area contributed by atoms with Crippen molar-refractivity contribution < 1.29 is 23.9 Å². The lowest BCUT2D eigenvalue weighted by molar-refractivity contribution is -0.136. The summed E-state index contributed by atoms with van der Waals surface area (Å²) in [7, 11) is 0. The van der Waals surface area contributed by atoms with Gasteiger partial charge in [0.1, 0.15) is 18.4 Å². The minimum atomic E-state index is -0.964. The van der Waals surface area contributed by atoms with Gasteiger partial charge in [-0.15, -0.1) is 0 Å². The smallest absolute Gasteiger partial charge is 0.262 e. The maximum Gasteiger partial charge on any atom is 0.262 e. The molecule has 1 aromatic rings. The van der Waals surface area contributed by atoms with E-state index in [4.69, 9.17) is 4.74 Å². The Morgan fingerprint density at radius 1 is 1.08 bits per heavy atom. The van der Waals surface area contributed by atoms with Crippen LogP contribution in [0.1, 0.15) is 46.4 Å². The molecule has 2 fully saturated rings. The van der Waals surface area contributed by atoms with E-state index in [0.717, 1.165) is 17.7 Å². The standard InChI is InChI=1S/C19H16N2O5/c22-16-8-7-15(17(23)20-16)21-18(24)13-6-5-12(10-14(13)19(21)25)26-9-1-2-11-3-4-11/h5-6,10-11,15H,3-4,7-9H2,(H,20,22,23). The number of nitrogens with zero attached hydrogens (tertiary/aromatic N) is 1. The molecule has 1 aliphatic carbocycles. The van der Waals surface area contributed by atoms with Crippen molar-refractivity contribution in [3.05, 3.63) is 29.3 Å². The molecule has 1 saturated heterocycles. The number of amides is 4. The van der Waals surface area contributed by atoms with E-state index in [2.05, 4.69) is 17.2 Å². The van der Waals surface area contributed by atoms with Crippen molar-refractivity contribution >= 4 is 23.6 Å². The summed E-state index contributed by atoms with van der Waals surface area (Å²) in [6.45, 7) is 0.217. The number of carbonyl (C=O) groups is 4. The number of piperidine rings is 1. The van der Waals surface area contributed by atoms with Crippen molar-refractivity contribution in [1.82, 2.24) is 10.2 Å². The molecular weight excluding hydrogens is 336 g/mol. The number of imide groups is 2. The normalized spacial score (nSPS) is 21.8. The predicted molar refractivity (Wildman–Crippen MR) is 89.1 cm³/mol. The zero-order chi connectivity index (χ0) is 18.3. The summed E-state index contributed by atoms with van der Waals surface area (Å²) in [5, 5.41) is 2.17. The molecule has 0 spiro atoms. The first-order valence-electron chi connectivity index (χ1n) is 8.51. The summed E-state index contributed by atoms with van der Waals surface area (Å²) in [6.07, 6.45) is 2.51. The second kappa shape index (κ2) is 6.30. The molecule has 0 aromatic heterocycles. The SMILES string of the molecule is O=C1CCC(N2C(=O)c3ccc(OCC#CC4CC4)cc3C2=O)C(=O)N1. The van der Waals surface area contributed by atoms with Crippen molar-refractivity contribution in [2.24, 2.45) is 5.92 Å². The number of nitrogens with one attached hydrogen (secondary N) is 1. The highest BCUT2D eigenvalue weighted by molar-refractivity contribution is 6.23. The fraction of sp³-hybridized carbons (Fsp3) is 0.368. The minimum Gasteiger partial charge on any atom is -0.481 e. The Morgan fingerprint density at radius 2 is 1.85 bits per heavy atom. The van der Waals surface area contributed by atoms with Gasteiger partial charge in [-0.3, -0.25) is 29.4 Å². The number of fused-ring (bicyclic) bond motifs is 1. The summed E-state index contributed by atoms with van der Waals surface area (Å²) in [4.78, 5) is 49.5. The number of hydrogen-bond acceptors (Lipinski definition) is 5. The number of benzene rings is 1. The van der Waals surface area contributed by atoms with E-state index >= 15 is 0 Å². The third-order valence-corrected chi connectivity index (χ3v) is 4.61. The topological polar surface area (TPSA) is 92.8 Å². The van der Waals surface area contributed by atoms with Gasteiger partial charge in [-0.1, -0.05) is 11.8 Å². The lowest BCUT2D eigenvalue weighted by atomic mass is 10.0. The van der Waals surface area contributed by atoms with E-state index in [1.54, 1.807) is 6.07 Å². The average Bonchev–Trinajstić information content (AvgIpc) is 3.41. The first kappa shape index (κ1) is 16.3. The van der Waals surface area contributed by atoms with Crippen molar-refractivity contribution in [2.45, 2.75) is 31.7 Å². The molecule has 1 aromatic carbocycles. The van der Waals surface area contributed by atoms with Gasteiger partial charge in [-0.05, 0) is 37.5 Å². The molecule has 2 heterocycles. The molecule has 132 valence electrons. The summed E-state index contributed by atoms with van der Waals surface area (Å²) < 4.78 is 5.53. The maximum atomic E-state index is 12.7. The van der Waals surface area contributed by atoms with Crippen LogP contribution in [0, 0.1) is 17.8 Å². The van der Waals surface area contributed by atoms with Crippen LogP contribution in [0.2, 0.25) is 0 Å². The Labute approximate surface area is 149 Å². The zero-order valence-corrected chi connectivity index (χ0v) is 13.9. The van der Waals surface area contributed by atoms with Crippen LogP contribution in [0.5, 0.6) is 5.75 Å². The second-order valence-corrected chi connectivity index (χ2v) is 6.54. The predicted octanol–water partition coefficient (Wildman–Crippen LogP) is 0.880. The molecule has 2 aliphatic heterocycles. The fourth-order valence-electron chi connectivity index (χ4n) is 3.07. The summed E-state index contributed by atoms with van der Waals surface area (Å²) in [6, 6.07) is 3.66. The molecule has 1 atom stereocenters. The highest BCUT2D eigenvalue weighted by Crippen LogP contribution is 2.30. The van der Waals surface area contributed by atoms with Crippen LogP contribution in [0.15, 0.2) is 18.2 Å². The van der Waals surface area contributed by atoms with Crippen LogP contribution in [0.25, 0.3) is 0 Å². The van der Waals surface area contributed by atoms with E-state index in [0.29, 0.717) is 11.7 Å². The largest absolute Gasteiger partial charge is 0.481 e. The highest BCUT2D eigenvalue weighted by atomic mass is 16.5. The zero-order valence-electron chi connectivity index (χ0n) is 13.9. The van der Waals surface area contributed by atoms with Crippen LogP contribution < -0.4 is 10.1 Å². The Balaban J connectivity index is 1.51. The van der Waals surface area contributed by atoms with Gasteiger partial charge in [-0.2, -0.15) is 0 Å². The van der Waals surface area contributed by atoms with Crippen molar-refractivity contribution in [3.8, 4) is 17.6 Å². The average molecular weight is 352 g/mol. The summed E-state index contributed by atoms with van der Waals surface area (Å²) in [5.41, 5.74) is 0.434. The highest BCUT2D eigenvalue weighted by Gasteiger charge is 2.44. The molecule has 7 heteroatoms. The molecular formula is C19H16N2O5. The molecule has 4 amide bonds. The molecule has 4 rings (SSSR count). The minimum absolute atomic E-state index is 0.0951. The first-order valence-corrected chi connectivity index (χ1v) is 8.51. The van der Waals surface area contributed by atoms with Gasteiger partial charge in [0.05, 0.1) is 11.1 Å². The lowest BCUT2D eigenvalue weighted by Gasteiger charge is -2.27. The molecule has 3 aliphatic rings. The molecule has 0 radical (unpaired) electrons. The Hall–Kier alpha value is -3.14. The van der Waals surface area contributed by atoms with Gasteiger partial charge in [0.2, 0.25) is 11.8 Å². The third-order valence-electron chi connectivity index (χ3n) is 4.61. The Kier molecular flexibility index (Phi) is 3.96. The summed E-state index contributed by atoms with van der Waals surface area (Å²) in [5.74, 6) is 4.85. The first-order chi connectivity index (χ1) is 12.5. The summed E-state index contributed by atoms with van der Waals surface area (Å²) >= 11 is 0. The second-order valence-electron chi connectivity index (χ2n) is 6.54. The lowest BCUT2D eigenvalue weighted by Crippen LogP contribution is -2.54. The van der Waals surface area contributed by atoms with E-state index < -0.39 is 29.7 Å². The van der Waals surface area contributed by atoms with E-state index in [1.807, 2.05) is 0 Å². The number of ether oxygens (including phenoxy) is 1.